The Balaban J connectivity index is 2.70. The molecule has 0 bridgehead atoms. The summed E-state index contributed by atoms with van der Waals surface area (Å²) in [7, 11) is 0. The first-order chi connectivity index (χ1) is 9.61. The Morgan fingerprint density at radius 2 is 1.90 bits per heavy atom. The number of aryl methyl sites for hydroxylation is 1. The van der Waals surface area contributed by atoms with Gasteiger partial charge < -0.3 is 5.11 Å². The molecule has 0 fully saturated rings. The maximum atomic E-state index is 13.7. The number of benzene rings is 1. The van der Waals surface area contributed by atoms with Crippen LogP contribution in [0, 0.1) is 12.7 Å². The Labute approximate surface area is 120 Å². The molecule has 0 atom stereocenters. The van der Waals surface area contributed by atoms with E-state index < -0.39 is 40.2 Å². The predicted octanol–water partition coefficient (Wildman–Crippen LogP) is 3.06. The molecule has 0 saturated carbocycles. The van der Waals surface area contributed by atoms with Gasteiger partial charge in [-0.1, -0.05) is 11.6 Å². The molecule has 0 amide bonds. The number of rotatable bonds is 1. The van der Waals surface area contributed by atoms with Gasteiger partial charge >= 0.3 is 6.18 Å². The quantitative estimate of drug-likeness (QED) is 0.821. The van der Waals surface area contributed by atoms with Crippen molar-refractivity contribution < 1.29 is 22.7 Å². The minimum absolute atomic E-state index is 0.298. The van der Waals surface area contributed by atoms with Gasteiger partial charge in [0.15, 0.2) is 5.82 Å². The van der Waals surface area contributed by atoms with Crippen LogP contribution >= 0.6 is 11.6 Å². The molecule has 112 valence electrons. The van der Waals surface area contributed by atoms with Crippen molar-refractivity contribution in [2.75, 3.05) is 0 Å². The Bertz CT molecular complexity index is 771. The lowest BCUT2D eigenvalue weighted by Crippen LogP contribution is -2.26. The van der Waals surface area contributed by atoms with Crippen LogP contribution in [0.1, 0.15) is 11.3 Å². The second-order valence-corrected chi connectivity index (χ2v) is 4.55. The van der Waals surface area contributed by atoms with E-state index in [1.54, 1.807) is 0 Å². The average molecular weight is 323 g/mol. The van der Waals surface area contributed by atoms with Crippen LogP contribution in [0.2, 0.25) is 5.02 Å². The van der Waals surface area contributed by atoms with E-state index in [1.807, 2.05) is 0 Å². The first-order valence-corrected chi connectivity index (χ1v) is 5.85. The van der Waals surface area contributed by atoms with Gasteiger partial charge in [0.2, 0.25) is 0 Å². The highest BCUT2D eigenvalue weighted by Gasteiger charge is 2.34. The highest BCUT2D eigenvalue weighted by molar-refractivity contribution is 6.32. The molecule has 0 aliphatic rings. The summed E-state index contributed by atoms with van der Waals surface area (Å²) in [6, 6.07) is 1.85. The molecular weight excluding hydrogens is 316 g/mol. The number of aromatic hydroxyl groups is 1. The molecule has 1 N–H and O–H groups in total. The van der Waals surface area contributed by atoms with Crippen molar-refractivity contribution in [3.63, 3.8) is 0 Å². The third kappa shape index (κ3) is 2.85. The van der Waals surface area contributed by atoms with Gasteiger partial charge in [-0.05, 0) is 13.0 Å². The first kappa shape index (κ1) is 15.3. The van der Waals surface area contributed by atoms with Crippen molar-refractivity contribution in [1.82, 2.24) is 9.78 Å². The van der Waals surface area contributed by atoms with Crippen molar-refractivity contribution in [2.24, 2.45) is 0 Å². The summed E-state index contributed by atoms with van der Waals surface area (Å²) in [6.45, 7) is 1.03. The fourth-order valence-corrected chi connectivity index (χ4v) is 1.84. The largest absolute Gasteiger partial charge is 0.506 e. The molecular formula is C12H7ClF4N2O2. The lowest BCUT2D eigenvalue weighted by molar-refractivity contribution is -0.138. The Morgan fingerprint density at radius 3 is 2.48 bits per heavy atom. The van der Waals surface area contributed by atoms with Crippen molar-refractivity contribution in [3.8, 4) is 11.4 Å². The van der Waals surface area contributed by atoms with Crippen LogP contribution in [0.25, 0.3) is 5.69 Å². The number of aromatic nitrogens is 2. The van der Waals surface area contributed by atoms with E-state index in [0.29, 0.717) is 10.7 Å². The summed E-state index contributed by atoms with van der Waals surface area (Å²) in [5.41, 5.74) is -3.40. The SMILES string of the molecule is Cc1nn(-c2cc(O)c(Cl)cc2F)c(=O)cc1C(F)(F)F. The molecule has 0 aliphatic carbocycles. The molecule has 2 aromatic rings. The van der Waals surface area contributed by atoms with Crippen LogP contribution in [0.5, 0.6) is 5.75 Å². The molecule has 1 aromatic carbocycles. The highest BCUT2D eigenvalue weighted by atomic mass is 35.5. The summed E-state index contributed by atoms with van der Waals surface area (Å²) in [6.07, 6.45) is -4.74. The predicted molar refractivity (Wildman–Crippen MR) is 66.2 cm³/mol. The van der Waals surface area contributed by atoms with Gasteiger partial charge in [-0.3, -0.25) is 4.79 Å². The molecule has 9 heteroatoms. The molecule has 1 heterocycles. The fourth-order valence-electron chi connectivity index (χ4n) is 1.69. The van der Waals surface area contributed by atoms with Crippen LogP contribution in [-0.2, 0) is 6.18 Å². The summed E-state index contributed by atoms with van der Waals surface area (Å²) in [4.78, 5) is 11.7. The third-order valence-electron chi connectivity index (χ3n) is 2.67. The number of halogens is 5. The molecule has 0 spiro atoms. The summed E-state index contributed by atoms with van der Waals surface area (Å²) in [5, 5.41) is 12.5. The van der Waals surface area contributed by atoms with E-state index in [-0.39, 0.29) is 5.02 Å². The number of phenolic OH excluding ortho intramolecular Hbond substituents is 1. The Hall–Kier alpha value is -2.09. The normalized spacial score (nSPS) is 11.7. The number of alkyl halides is 3. The smallest absolute Gasteiger partial charge is 0.418 e. The summed E-state index contributed by atoms with van der Waals surface area (Å²) >= 11 is 5.48. The van der Waals surface area contributed by atoms with E-state index in [2.05, 4.69) is 5.10 Å². The molecule has 2 rings (SSSR count). The van der Waals surface area contributed by atoms with Gasteiger partial charge in [0.05, 0.1) is 16.3 Å². The highest BCUT2D eigenvalue weighted by Crippen LogP contribution is 2.31. The molecule has 1 aromatic heterocycles. The zero-order valence-electron chi connectivity index (χ0n) is 10.4. The second kappa shape index (κ2) is 5.03. The van der Waals surface area contributed by atoms with Gasteiger partial charge in [0.1, 0.15) is 11.4 Å². The molecule has 0 aliphatic heterocycles. The molecule has 0 saturated heterocycles. The standard InChI is InChI=1S/C12H7ClF4N2O2/c1-5-6(12(15,16)17)2-11(21)19(18-5)9-4-10(20)7(13)3-8(9)14/h2-4,20H,1H3. The van der Waals surface area contributed by atoms with Crippen molar-refractivity contribution in [2.45, 2.75) is 13.1 Å². The van der Waals surface area contributed by atoms with Crippen LogP contribution < -0.4 is 5.56 Å². The Morgan fingerprint density at radius 1 is 1.29 bits per heavy atom. The number of hydrogen-bond donors (Lipinski definition) is 1. The van der Waals surface area contributed by atoms with Crippen LogP contribution in [0.3, 0.4) is 0 Å². The van der Waals surface area contributed by atoms with Gasteiger partial charge in [0.25, 0.3) is 5.56 Å². The first-order valence-electron chi connectivity index (χ1n) is 5.48. The number of nitrogens with zero attached hydrogens (tertiary/aromatic N) is 2. The van der Waals surface area contributed by atoms with Crippen molar-refractivity contribution in [3.05, 3.63) is 50.7 Å². The van der Waals surface area contributed by atoms with Crippen molar-refractivity contribution >= 4 is 11.6 Å². The lowest BCUT2D eigenvalue weighted by atomic mass is 10.2. The van der Waals surface area contributed by atoms with Crippen LogP contribution in [-0.4, -0.2) is 14.9 Å². The van der Waals surface area contributed by atoms with Gasteiger partial charge in [0, 0.05) is 12.1 Å². The number of hydrogen-bond acceptors (Lipinski definition) is 3. The van der Waals surface area contributed by atoms with E-state index in [1.165, 1.54) is 0 Å². The van der Waals surface area contributed by atoms with Crippen LogP contribution in [0.15, 0.2) is 23.0 Å². The van der Waals surface area contributed by atoms with E-state index >= 15 is 0 Å². The molecule has 4 nitrogen and oxygen atoms in total. The summed E-state index contributed by atoms with van der Waals surface area (Å²) in [5.74, 6) is -1.54. The maximum absolute atomic E-state index is 13.7. The topological polar surface area (TPSA) is 55.1 Å². The Kier molecular flexibility index (Phi) is 3.66. The minimum Gasteiger partial charge on any atom is -0.506 e. The zero-order chi connectivity index (χ0) is 15.9. The minimum atomic E-state index is -4.74. The molecule has 0 radical (unpaired) electrons. The summed E-state index contributed by atoms with van der Waals surface area (Å²) < 4.78 is 52.1. The van der Waals surface area contributed by atoms with Gasteiger partial charge in [-0.15, -0.1) is 0 Å². The molecule has 21 heavy (non-hydrogen) atoms. The monoisotopic (exact) mass is 322 g/mol. The second-order valence-electron chi connectivity index (χ2n) is 4.15. The fraction of sp³-hybridized carbons (Fsp3) is 0.167. The third-order valence-corrected chi connectivity index (χ3v) is 2.97. The van der Waals surface area contributed by atoms with Gasteiger partial charge in [-0.25, -0.2) is 4.39 Å². The maximum Gasteiger partial charge on any atom is 0.418 e. The van der Waals surface area contributed by atoms with Crippen LogP contribution in [0.4, 0.5) is 17.6 Å². The molecule has 0 unspecified atom stereocenters. The van der Waals surface area contributed by atoms with E-state index in [4.69, 9.17) is 11.6 Å². The van der Waals surface area contributed by atoms with E-state index in [0.717, 1.165) is 19.1 Å². The van der Waals surface area contributed by atoms with Gasteiger partial charge in [-0.2, -0.15) is 23.0 Å². The van der Waals surface area contributed by atoms with E-state index in [9.17, 15) is 27.5 Å². The zero-order valence-corrected chi connectivity index (χ0v) is 11.1. The average Bonchev–Trinajstić information content (AvgIpc) is 2.35. The number of phenols is 1. The van der Waals surface area contributed by atoms with Crippen molar-refractivity contribution in [1.29, 1.82) is 0 Å². The lowest BCUT2D eigenvalue weighted by Gasteiger charge is -2.12.